The average molecular weight is 366 g/mol. The maximum Gasteiger partial charge on any atom is 0.290 e. The third kappa shape index (κ3) is 4.12. The van der Waals surface area contributed by atoms with Crippen molar-refractivity contribution in [1.82, 2.24) is 21.0 Å². The van der Waals surface area contributed by atoms with E-state index in [-0.39, 0.29) is 5.69 Å². The van der Waals surface area contributed by atoms with E-state index < -0.39 is 17.4 Å². The van der Waals surface area contributed by atoms with E-state index >= 15 is 0 Å². The van der Waals surface area contributed by atoms with Crippen molar-refractivity contribution in [1.29, 1.82) is 0 Å². The zero-order chi connectivity index (χ0) is 19.2. The van der Waals surface area contributed by atoms with Crippen molar-refractivity contribution in [3.63, 3.8) is 0 Å². The molecule has 0 radical (unpaired) electrons. The maximum atomic E-state index is 12.4. The normalized spacial score (nSPS) is 10.4. The van der Waals surface area contributed by atoms with Gasteiger partial charge in [-0.15, -0.1) is 0 Å². The Bertz CT molecular complexity index is 1050. The van der Waals surface area contributed by atoms with Gasteiger partial charge in [-0.1, -0.05) is 31.2 Å². The van der Waals surface area contributed by atoms with Crippen molar-refractivity contribution in [3.05, 3.63) is 70.1 Å². The maximum absolute atomic E-state index is 12.4. The van der Waals surface area contributed by atoms with Gasteiger partial charge in [-0.05, 0) is 30.7 Å². The Morgan fingerprint density at radius 3 is 2.56 bits per heavy atom. The molecule has 27 heavy (non-hydrogen) atoms. The number of carbonyl (C=O) groups is 2. The number of nitrogens with one attached hydrogen (secondary N) is 3. The Hall–Kier alpha value is -3.68. The van der Waals surface area contributed by atoms with Gasteiger partial charge in [-0.3, -0.25) is 25.2 Å². The van der Waals surface area contributed by atoms with Crippen LogP contribution < -0.4 is 21.1 Å². The number of aromatic amines is 1. The summed E-state index contributed by atoms with van der Waals surface area (Å²) < 4.78 is 5.49. The quantitative estimate of drug-likeness (QED) is 0.596. The van der Waals surface area contributed by atoms with Gasteiger partial charge in [-0.25, -0.2) is 5.10 Å². The predicted molar refractivity (Wildman–Crippen MR) is 99.5 cm³/mol. The number of rotatable bonds is 5. The van der Waals surface area contributed by atoms with Crippen molar-refractivity contribution in [2.45, 2.75) is 13.3 Å². The Balaban J connectivity index is 1.72. The van der Waals surface area contributed by atoms with Crippen LogP contribution in [-0.4, -0.2) is 28.6 Å². The Morgan fingerprint density at radius 1 is 1.04 bits per heavy atom. The molecule has 3 rings (SSSR count). The van der Waals surface area contributed by atoms with Crippen LogP contribution in [0.1, 0.15) is 34.2 Å². The predicted octanol–water partition coefficient (Wildman–Crippen LogP) is 1.79. The van der Waals surface area contributed by atoms with Crippen molar-refractivity contribution in [3.8, 4) is 5.75 Å². The molecule has 0 aliphatic heterocycles. The van der Waals surface area contributed by atoms with Gasteiger partial charge in [0.05, 0.1) is 12.0 Å². The summed E-state index contributed by atoms with van der Waals surface area (Å²) in [5, 5.41) is 6.79. The summed E-state index contributed by atoms with van der Waals surface area (Å²) in [6, 6.07) is 13.2. The fraction of sp³-hybridized carbons (Fsp3) is 0.158. The van der Waals surface area contributed by atoms with Crippen LogP contribution in [-0.2, 0) is 0 Å². The van der Waals surface area contributed by atoms with Gasteiger partial charge in [-0.2, -0.15) is 5.10 Å². The van der Waals surface area contributed by atoms with Crippen LogP contribution in [0.4, 0.5) is 0 Å². The third-order valence-corrected chi connectivity index (χ3v) is 3.77. The van der Waals surface area contributed by atoms with Crippen molar-refractivity contribution in [2.24, 2.45) is 0 Å². The van der Waals surface area contributed by atoms with Crippen molar-refractivity contribution < 1.29 is 14.3 Å². The van der Waals surface area contributed by atoms with E-state index in [0.717, 1.165) is 6.42 Å². The van der Waals surface area contributed by atoms with Crippen LogP contribution in [0.25, 0.3) is 10.8 Å². The molecule has 0 bridgehead atoms. The molecular weight excluding hydrogens is 348 g/mol. The largest absolute Gasteiger partial charge is 0.494 e. The number of benzene rings is 2. The molecule has 3 N–H and O–H groups in total. The lowest BCUT2D eigenvalue weighted by molar-refractivity contribution is 0.0844. The summed E-state index contributed by atoms with van der Waals surface area (Å²) in [4.78, 5) is 36.4. The van der Waals surface area contributed by atoms with E-state index in [2.05, 4.69) is 21.0 Å². The molecule has 8 nitrogen and oxygen atoms in total. The van der Waals surface area contributed by atoms with Crippen molar-refractivity contribution >= 4 is 22.6 Å². The highest BCUT2D eigenvalue weighted by Crippen LogP contribution is 2.14. The van der Waals surface area contributed by atoms with Crippen LogP contribution >= 0.6 is 0 Å². The lowest BCUT2D eigenvalue weighted by Gasteiger charge is -2.09. The standard InChI is InChI=1S/C19H18N4O4/c1-2-10-27-13-7-5-6-12(11-13)17(24)21-23-19(26)16-14-8-3-4-9-15(14)18(25)22-20-16/h3-9,11H,2,10H2,1H3,(H,21,24)(H,22,25)(H,23,26). The zero-order valence-corrected chi connectivity index (χ0v) is 14.6. The second-order valence-electron chi connectivity index (χ2n) is 5.73. The Labute approximate surface area is 154 Å². The summed E-state index contributed by atoms with van der Waals surface area (Å²) in [7, 11) is 0. The second kappa shape index (κ2) is 8.13. The molecule has 0 fully saturated rings. The van der Waals surface area contributed by atoms with E-state index in [1.54, 1.807) is 48.5 Å². The number of hydrazine groups is 1. The summed E-state index contributed by atoms with van der Waals surface area (Å²) >= 11 is 0. The number of nitrogens with zero attached hydrogens (tertiary/aromatic N) is 1. The van der Waals surface area contributed by atoms with E-state index in [9.17, 15) is 14.4 Å². The molecule has 0 unspecified atom stereocenters. The number of hydrogen-bond acceptors (Lipinski definition) is 5. The molecule has 0 atom stereocenters. The monoisotopic (exact) mass is 366 g/mol. The van der Waals surface area contributed by atoms with Gasteiger partial charge >= 0.3 is 0 Å². The molecule has 0 saturated heterocycles. The van der Waals surface area contributed by atoms with Gasteiger partial charge in [0.1, 0.15) is 5.75 Å². The highest BCUT2D eigenvalue weighted by Gasteiger charge is 2.15. The lowest BCUT2D eigenvalue weighted by atomic mass is 10.1. The summed E-state index contributed by atoms with van der Waals surface area (Å²) in [6.45, 7) is 2.54. The van der Waals surface area contributed by atoms with E-state index in [0.29, 0.717) is 28.7 Å². The molecule has 0 aliphatic rings. The highest BCUT2D eigenvalue weighted by molar-refractivity contribution is 6.05. The van der Waals surface area contributed by atoms with Gasteiger partial charge in [0.15, 0.2) is 5.69 Å². The van der Waals surface area contributed by atoms with Crippen LogP contribution in [0.3, 0.4) is 0 Å². The third-order valence-electron chi connectivity index (χ3n) is 3.77. The molecule has 1 heterocycles. The number of hydrogen-bond donors (Lipinski definition) is 3. The van der Waals surface area contributed by atoms with E-state index in [1.807, 2.05) is 6.92 Å². The second-order valence-corrected chi connectivity index (χ2v) is 5.73. The Kier molecular flexibility index (Phi) is 5.46. The average Bonchev–Trinajstić information content (AvgIpc) is 2.71. The van der Waals surface area contributed by atoms with Crippen LogP contribution in [0, 0.1) is 0 Å². The molecule has 0 saturated carbocycles. The molecular formula is C19H18N4O4. The molecule has 3 aromatic rings. The SMILES string of the molecule is CCCOc1cccc(C(=O)NNC(=O)c2n[nH]c(=O)c3ccccc23)c1. The number of carbonyl (C=O) groups excluding carboxylic acids is 2. The first-order chi connectivity index (χ1) is 13.1. The molecule has 2 aromatic carbocycles. The fourth-order valence-electron chi connectivity index (χ4n) is 2.48. The summed E-state index contributed by atoms with van der Waals surface area (Å²) in [5.74, 6) is -0.572. The highest BCUT2D eigenvalue weighted by atomic mass is 16.5. The van der Waals surface area contributed by atoms with Gasteiger partial charge in [0.2, 0.25) is 0 Å². The number of ether oxygens (including phenoxy) is 1. The van der Waals surface area contributed by atoms with Gasteiger partial charge in [0.25, 0.3) is 17.4 Å². The Morgan fingerprint density at radius 2 is 1.78 bits per heavy atom. The number of amides is 2. The topological polar surface area (TPSA) is 113 Å². The minimum Gasteiger partial charge on any atom is -0.494 e. The van der Waals surface area contributed by atoms with Crippen LogP contribution in [0.15, 0.2) is 53.3 Å². The molecule has 0 aliphatic carbocycles. The first-order valence-corrected chi connectivity index (χ1v) is 8.41. The molecule has 2 amide bonds. The number of H-pyrrole nitrogens is 1. The number of aromatic nitrogens is 2. The van der Waals surface area contributed by atoms with Gasteiger partial charge in [0, 0.05) is 10.9 Å². The number of fused-ring (bicyclic) bond motifs is 1. The first kappa shape index (κ1) is 18.1. The smallest absolute Gasteiger partial charge is 0.290 e. The molecule has 138 valence electrons. The minimum absolute atomic E-state index is 0.00512. The minimum atomic E-state index is -0.644. The van der Waals surface area contributed by atoms with E-state index in [4.69, 9.17) is 4.74 Å². The van der Waals surface area contributed by atoms with Gasteiger partial charge < -0.3 is 4.74 Å². The fourth-order valence-corrected chi connectivity index (χ4v) is 2.48. The summed E-state index contributed by atoms with van der Waals surface area (Å²) in [6.07, 6.45) is 0.854. The molecule has 1 aromatic heterocycles. The summed E-state index contributed by atoms with van der Waals surface area (Å²) in [5.41, 5.74) is 4.59. The zero-order valence-electron chi connectivity index (χ0n) is 14.6. The van der Waals surface area contributed by atoms with E-state index in [1.165, 1.54) is 0 Å². The van der Waals surface area contributed by atoms with Crippen LogP contribution in [0.5, 0.6) is 5.75 Å². The van der Waals surface area contributed by atoms with Crippen molar-refractivity contribution in [2.75, 3.05) is 6.61 Å². The first-order valence-electron chi connectivity index (χ1n) is 8.41. The lowest BCUT2D eigenvalue weighted by Crippen LogP contribution is -2.42. The molecule has 8 heteroatoms. The molecule has 0 spiro atoms. The van der Waals surface area contributed by atoms with Crippen LogP contribution in [0.2, 0.25) is 0 Å².